The Morgan fingerprint density at radius 2 is 1.79 bits per heavy atom. The van der Waals surface area contributed by atoms with E-state index in [1.54, 1.807) is 49.5 Å². The van der Waals surface area contributed by atoms with Crippen molar-refractivity contribution in [3.8, 4) is 11.1 Å². The zero-order valence-electron chi connectivity index (χ0n) is 18.6. The molecule has 180 valence electrons. The van der Waals surface area contributed by atoms with Crippen molar-refractivity contribution in [3.05, 3.63) is 53.9 Å². The molecule has 1 N–H and O–H groups in total. The first-order valence-corrected chi connectivity index (χ1v) is 12.1. The second-order valence-corrected chi connectivity index (χ2v) is 10.2. The molecule has 1 unspecified atom stereocenters. The highest BCUT2D eigenvalue weighted by molar-refractivity contribution is 7.88. The minimum Gasteiger partial charge on any atom is -0.346 e. The van der Waals surface area contributed by atoms with Crippen molar-refractivity contribution in [2.75, 3.05) is 12.9 Å². The summed E-state index contributed by atoms with van der Waals surface area (Å²) in [5.74, 6) is -1.47. The van der Waals surface area contributed by atoms with E-state index in [4.69, 9.17) is 4.74 Å². The minimum atomic E-state index is -3.37. The van der Waals surface area contributed by atoms with Crippen LogP contribution in [0.1, 0.15) is 44.2 Å². The molecule has 2 heterocycles. The van der Waals surface area contributed by atoms with Gasteiger partial charge in [0.2, 0.25) is 10.0 Å². The van der Waals surface area contributed by atoms with E-state index in [-0.39, 0.29) is 0 Å². The Bertz CT molecular complexity index is 1090. The van der Waals surface area contributed by atoms with Crippen molar-refractivity contribution >= 4 is 15.9 Å². The van der Waals surface area contributed by atoms with Crippen LogP contribution in [0.2, 0.25) is 0 Å². The van der Waals surface area contributed by atoms with Crippen LogP contribution in [0.3, 0.4) is 0 Å². The number of carbonyl (C=O) groups excluding carboxylic acids is 1. The molecule has 0 aliphatic carbocycles. The first kappa shape index (κ1) is 25.1. The van der Waals surface area contributed by atoms with Gasteiger partial charge in [0.15, 0.2) is 0 Å². The first-order chi connectivity index (χ1) is 15.3. The number of aromatic nitrogens is 1. The average molecular weight is 486 g/mol. The molecule has 1 fully saturated rings. The molecule has 1 aromatic carbocycles. The summed E-state index contributed by atoms with van der Waals surface area (Å²) in [6, 6.07) is 8.74. The van der Waals surface area contributed by atoms with Crippen molar-refractivity contribution in [1.29, 1.82) is 0 Å². The number of carbonyl (C=O) groups is 1. The lowest BCUT2D eigenvalue weighted by molar-refractivity contribution is -0.159. The number of rotatable bonds is 7. The van der Waals surface area contributed by atoms with Crippen molar-refractivity contribution < 1.29 is 31.1 Å². The van der Waals surface area contributed by atoms with E-state index < -0.39 is 52.9 Å². The Hall–Kier alpha value is -2.50. The van der Waals surface area contributed by atoms with Crippen LogP contribution in [0.25, 0.3) is 11.1 Å². The molecule has 3 rings (SSSR count). The Kier molecular flexibility index (Phi) is 7.15. The number of benzene rings is 1. The van der Waals surface area contributed by atoms with Gasteiger partial charge in [-0.1, -0.05) is 30.3 Å². The molecule has 1 aliphatic rings. The second kappa shape index (κ2) is 9.40. The van der Waals surface area contributed by atoms with Gasteiger partial charge in [0.25, 0.3) is 5.91 Å². The molecule has 0 spiro atoms. The van der Waals surface area contributed by atoms with Gasteiger partial charge in [-0.15, -0.1) is 0 Å². The number of sulfonamides is 1. The number of nitrogens with one attached hydrogen (secondary N) is 1. The van der Waals surface area contributed by atoms with Crippen LogP contribution in [0.15, 0.2) is 42.6 Å². The number of ether oxygens (including phenoxy) is 1. The SMILES string of the molecule is CC(NS(C)(=O)=O)c1ccc(-c2ccc([C@H]3OC(C)(C)N(C(=O)C(F)F)[C@@H]3CF)cc2)cn1. The largest absolute Gasteiger partial charge is 0.346 e. The van der Waals surface area contributed by atoms with E-state index in [9.17, 15) is 26.4 Å². The van der Waals surface area contributed by atoms with E-state index >= 15 is 0 Å². The maximum absolute atomic E-state index is 13.8. The quantitative estimate of drug-likeness (QED) is 0.648. The third-order valence-corrected chi connectivity index (χ3v) is 6.23. The maximum Gasteiger partial charge on any atom is 0.315 e. The molecule has 3 atom stereocenters. The Balaban J connectivity index is 1.81. The fourth-order valence-electron chi connectivity index (χ4n) is 4.03. The zero-order valence-corrected chi connectivity index (χ0v) is 19.4. The summed E-state index contributed by atoms with van der Waals surface area (Å²) in [6.07, 6.45) is -1.48. The van der Waals surface area contributed by atoms with E-state index in [2.05, 4.69) is 9.71 Å². The number of alkyl halides is 3. The van der Waals surface area contributed by atoms with Crippen LogP contribution in [-0.4, -0.2) is 55.3 Å². The predicted molar refractivity (Wildman–Crippen MR) is 117 cm³/mol. The number of hydrogen-bond donors (Lipinski definition) is 1. The fourth-order valence-corrected chi connectivity index (χ4v) is 4.80. The smallest absolute Gasteiger partial charge is 0.315 e. The highest BCUT2D eigenvalue weighted by atomic mass is 32.2. The topological polar surface area (TPSA) is 88.6 Å². The third-order valence-electron chi connectivity index (χ3n) is 5.45. The van der Waals surface area contributed by atoms with E-state index in [1.807, 2.05) is 0 Å². The van der Waals surface area contributed by atoms with Crippen LogP contribution in [0.4, 0.5) is 13.2 Å². The lowest BCUT2D eigenvalue weighted by Gasteiger charge is -2.32. The standard InChI is InChI=1S/C22H26F3N3O4S/c1-13(27-33(4,30)31)17-10-9-16(12-26-17)14-5-7-15(8-6-14)19-18(11-23)28(21(29)20(24)25)22(2,3)32-19/h5-10,12-13,18-20,27H,11H2,1-4H3/t13?,18-,19-/m1/s1. The van der Waals surface area contributed by atoms with Crippen LogP contribution < -0.4 is 4.72 Å². The van der Waals surface area contributed by atoms with E-state index in [0.29, 0.717) is 11.3 Å². The molecule has 7 nitrogen and oxygen atoms in total. The Morgan fingerprint density at radius 3 is 2.27 bits per heavy atom. The summed E-state index contributed by atoms with van der Waals surface area (Å²) >= 11 is 0. The molecule has 0 saturated carbocycles. The highest BCUT2D eigenvalue weighted by Gasteiger charge is 2.52. The fraction of sp³-hybridized carbons (Fsp3) is 0.455. The maximum atomic E-state index is 13.8. The highest BCUT2D eigenvalue weighted by Crippen LogP contribution is 2.42. The number of hydrogen-bond acceptors (Lipinski definition) is 5. The van der Waals surface area contributed by atoms with E-state index in [0.717, 1.165) is 22.3 Å². The molecule has 1 saturated heterocycles. The number of pyridine rings is 1. The van der Waals surface area contributed by atoms with Gasteiger partial charge < -0.3 is 9.64 Å². The predicted octanol–water partition coefficient (Wildman–Crippen LogP) is 3.60. The Labute approximate surface area is 191 Å². The lowest BCUT2D eigenvalue weighted by atomic mass is 9.99. The third kappa shape index (κ3) is 5.53. The molecule has 33 heavy (non-hydrogen) atoms. The van der Waals surface area contributed by atoms with E-state index in [1.165, 1.54) is 13.8 Å². The van der Waals surface area contributed by atoms with Gasteiger partial charge in [-0.3, -0.25) is 9.78 Å². The molecular formula is C22H26F3N3O4S. The summed E-state index contributed by atoms with van der Waals surface area (Å²) < 4.78 is 71.0. The molecule has 0 bridgehead atoms. The first-order valence-electron chi connectivity index (χ1n) is 10.2. The summed E-state index contributed by atoms with van der Waals surface area (Å²) in [5, 5.41) is 0. The van der Waals surface area contributed by atoms with Gasteiger partial charge in [-0.2, -0.15) is 8.78 Å². The van der Waals surface area contributed by atoms with Gasteiger partial charge in [0.05, 0.1) is 24.0 Å². The van der Waals surface area contributed by atoms with Crippen molar-refractivity contribution in [1.82, 2.24) is 14.6 Å². The van der Waals surface area contributed by atoms with Crippen molar-refractivity contribution in [2.45, 2.75) is 51.1 Å². The van der Waals surface area contributed by atoms with Crippen LogP contribution in [0.5, 0.6) is 0 Å². The number of halogens is 3. The van der Waals surface area contributed by atoms with Gasteiger partial charge >= 0.3 is 6.43 Å². The number of amides is 1. The van der Waals surface area contributed by atoms with Gasteiger partial charge in [-0.25, -0.2) is 17.5 Å². The molecule has 1 amide bonds. The molecule has 2 aromatic rings. The Morgan fingerprint density at radius 1 is 1.18 bits per heavy atom. The molecule has 1 aliphatic heterocycles. The van der Waals surface area contributed by atoms with Crippen LogP contribution in [0, 0.1) is 0 Å². The van der Waals surface area contributed by atoms with Gasteiger partial charge in [-0.05, 0) is 38.0 Å². The van der Waals surface area contributed by atoms with Gasteiger partial charge in [0, 0.05) is 11.8 Å². The van der Waals surface area contributed by atoms with Crippen molar-refractivity contribution in [3.63, 3.8) is 0 Å². The molecule has 1 aromatic heterocycles. The molecule has 11 heteroatoms. The summed E-state index contributed by atoms with van der Waals surface area (Å²) in [4.78, 5) is 17.1. The summed E-state index contributed by atoms with van der Waals surface area (Å²) in [7, 11) is -3.37. The summed E-state index contributed by atoms with van der Waals surface area (Å²) in [6.45, 7) is 3.57. The number of nitrogens with zero attached hydrogens (tertiary/aromatic N) is 2. The average Bonchev–Trinajstić information content (AvgIpc) is 3.02. The monoisotopic (exact) mass is 485 g/mol. The van der Waals surface area contributed by atoms with Crippen LogP contribution in [-0.2, 0) is 19.6 Å². The minimum absolute atomic E-state index is 0.490. The molecular weight excluding hydrogens is 459 g/mol. The lowest BCUT2D eigenvalue weighted by Crippen LogP contribution is -2.51. The zero-order chi connectivity index (χ0) is 24.6. The summed E-state index contributed by atoms with van der Waals surface area (Å²) in [5.41, 5.74) is 1.27. The normalized spacial score (nSPS) is 21.4. The van der Waals surface area contributed by atoms with Gasteiger partial charge in [0.1, 0.15) is 18.5 Å². The van der Waals surface area contributed by atoms with Crippen LogP contribution >= 0.6 is 0 Å². The molecule has 0 radical (unpaired) electrons. The second-order valence-electron chi connectivity index (χ2n) is 8.42. The van der Waals surface area contributed by atoms with Crippen molar-refractivity contribution in [2.24, 2.45) is 0 Å².